The van der Waals surface area contributed by atoms with Gasteiger partial charge in [0, 0.05) is 49.2 Å². The van der Waals surface area contributed by atoms with Crippen LogP contribution in [0.1, 0.15) is 82.8 Å². The number of aromatic amines is 2. The van der Waals surface area contributed by atoms with Crippen LogP contribution in [0.25, 0.3) is 33.9 Å². The van der Waals surface area contributed by atoms with Crippen molar-refractivity contribution in [2.45, 2.75) is 83.7 Å². The summed E-state index contributed by atoms with van der Waals surface area (Å²) < 4.78 is 47.9. The van der Waals surface area contributed by atoms with E-state index in [1.807, 2.05) is 13.8 Å². The van der Waals surface area contributed by atoms with E-state index in [0.717, 1.165) is 11.3 Å². The summed E-state index contributed by atoms with van der Waals surface area (Å²) in [7, 11) is 2.58. The number of benzene rings is 1. The number of H-pyrrole nitrogens is 2. The first-order valence-corrected chi connectivity index (χ1v) is 19.1. The van der Waals surface area contributed by atoms with E-state index in [2.05, 4.69) is 40.0 Å². The van der Waals surface area contributed by atoms with Gasteiger partial charge in [-0.2, -0.15) is 13.2 Å². The number of nitrogens with zero attached hydrogens (tertiary/aromatic N) is 7. The number of likely N-dealkylation sites (N-methyl/N-ethyl adjacent to an activating group) is 1. The van der Waals surface area contributed by atoms with Gasteiger partial charge in [0.05, 0.1) is 31.1 Å². The Bertz CT molecular complexity index is 2120. The maximum atomic E-state index is 14.4. The zero-order chi connectivity index (χ0) is 42.1. The number of nitrogens with one attached hydrogen (secondary N) is 3. The van der Waals surface area contributed by atoms with Crippen LogP contribution in [0.15, 0.2) is 42.9 Å². The smallest absolute Gasteiger partial charge is 0.433 e. The van der Waals surface area contributed by atoms with E-state index in [0.29, 0.717) is 54.3 Å². The topological polar surface area (TPSA) is 203 Å². The van der Waals surface area contributed by atoms with E-state index in [4.69, 9.17) is 0 Å². The minimum Gasteiger partial charge on any atom is -0.465 e. The van der Waals surface area contributed by atoms with Gasteiger partial charge in [-0.1, -0.05) is 52.0 Å². The van der Waals surface area contributed by atoms with Crippen molar-refractivity contribution in [3.05, 3.63) is 60.2 Å². The largest absolute Gasteiger partial charge is 0.465 e. The summed E-state index contributed by atoms with van der Waals surface area (Å²) in [6.45, 7) is 7.88. The first kappa shape index (κ1) is 41.6. The second-order valence-electron chi connectivity index (χ2n) is 15.2. The van der Waals surface area contributed by atoms with Gasteiger partial charge in [-0.15, -0.1) is 0 Å². The van der Waals surface area contributed by atoms with Crippen molar-refractivity contribution in [2.24, 2.45) is 11.8 Å². The van der Waals surface area contributed by atoms with Crippen molar-refractivity contribution >= 4 is 24.0 Å². The van der Waals surface area contributed by atoms with Crippen molar-refractivity contribution in [3.8, 4) is 33.9 Å². The second kappa shape index (κ2) is 16.8. The summed E-state index contributed by atoms with van der Waals surface area (Å²) in [4.78, 5) is 78.6. The molecule has 2 fully saturated rings. The molecule has 2 aliphatic heterocycles. The molecule has 2 aliphatic rings. The number of carbonyl (C=O) groups is 4. The number of carbonyl (C=O) groups excluding carboxylic acids is 3. The zero-order valence-electron chi connectivity index (χ0n) is 33.0. The van der Waals surface area contributed by atoms with E-state index in [-0.39, 0.29) is 47.4 Å². The number of hydrogen-bond acceptors (Lipinski definition) is 9. The molecule has 310 valence electrons. The average Bonchev–Trinajstić information content (AvgIpc) is 4.02. The number of carboxylic acid groups (broad SMARTS) is 1. The summed E-state index contributed by atoms with van der Waals surface area (Å²) in [5.41, 5.74) is 0.595. The molecular weight excluding hydrogens is 761 g/mol. The normalized spacial score (nSPS) is 18.1. The van der Waals surface area contributed by atoms with Crippen molar-refractivity contribution in [3.63, 3.8) is 0 Å². The third-order valence-electron chi connectivity index (χ3n) is 10.7. The zero-order valence-corrected chi connectivity index (χ0v) is 33.0. The summed E-state index contributed by atoms with van der Waals surface area (Å²) in [6, 6.07) is 3.30. The highest BCUT2D eigenvalue weighted by molar-refractivity contribution is 5.87. The molecule has 4 atom stereocenters. The maximum absolute atomic E-state index is 14.4. The van der Waals surface area contributed by atoms with E-state index in [1.54, 1.807) is 49.5 Å². The molecule has 0 saturated carbocycles. The number of methoxy groups -OCH3 is 1. The summed E-state index contributed by atoms with van der Waals surface area (Å²) in [6.07, 6.45) is 0.367. The van der Waals surface area contributed by atoms with Crippen LogP contribution in [0.2, 0.25) is 0 Å². The van der Waals surface area contributed by atoms with Crippen LogP contribution in [0.4, 0.5) is 22.8 Å². The highest BCUT2D eigenvalue weighted by Crippen LogP contribution is 2.40. The van der Waals surface area contributed by atoms with Crippen LogP contribution in [-0.2, 0) is 20.5 Å². The number of rotatable bonds is 11. The van der Waals surface area contributed by atoms with Crippen molar-refractivity contribution < 1.29 is 42.2 Å². The van der Waals surface area contributed by atoms with Crippen LogP contribution in [0, 0.1) is 11.8 Å². The number of aromatic nitrogens is 6. The van der Waals surface area contributed by atoms with Gasteiger partial charge >= 0.3 is 18.4 Å². The summed E-state index contributed by atoms with van der Waals surface area (Å²) in [5.74, 6) is -0.385. The van der Waals surface area contributed by atoms with Gasteiger partial charge in [0.1, 0.15) is 35.1 Å². The standard InChI is InChI=1S/C39H47F3N10O6/c1-20(2)28(48-37(55)58-6)35(53)51-15-8-10-27(51)34-47-29(31(49-34)39(40,41)42)22-11-13-23(14-12-22)32-43-17-24(18-44-32)25-19-45-33(46-25)26-9-7-16-52(26)36(54)30(21(3)4)50(5)38(56)57/h11-14,17-21,26-28,30H,7-10,15-16H2,1-6H3,(H,45,46)(H,47,49)(H,48,55)(H,56,57)/t26-,27?,28-,30-/m0/s1. The molecule has 1 aromatic carbocycles. The van der Waals surface area contributed by atoms with Crippen molar-refractivity contribution in [1.82, 2.24) is 49.9 Å². The number of amides is 4. The SMILES string of the molecule is COC(=O)N[C@H](C(=O)N1CCCC1c1nc(-c2ccc(-c3ncc(-c4cnc([C@@H]5CCCN5C(=O)[C@H](C(C)C)N(C)C(=O)O)[nH]4)cn3)cc2)c(C(F)(F)F)[nH]1)C(C)C. The Morgan fingerprint density at radius 1 is 0.845 bits per heavy atom. The summed E-state index contributed by atoms with van der Waals surface area (Å²) >= 11 is 0. The highest BCUT2D eigenvalue weighted by atomic mass is 19.4. The van der Waals surface area contributed by atoms with Crippen LogP contribution in [0.3, 0.4) is 0 Å². The molecule has 4 aromatic rings. The van der Waals surface area contributed by atoms with E-state index in [9.17, 15) is 37.5 Å². The Labute approximate surface area is 332 Å². The molecular formula is C39H47F3N10O6. The Morgan fingerprint density at radius 2 is 1.43 bits per heavy atom. The molecule has 58 heavy (non-hydrogen) atoms. The lowest BCUT2D eigenvalue weighted by Gasteiger charge is -2.33. The second-order valence-corrected chi connectivity index (χ2v) is 15.2. The number of hydrogen-bond donors (Lipinski definition) is 4. The van der Waals surface area contributed by atoms with Crippen LogP contribution < -0.4 is 5.32 Å². The van der Waals surface area contributed by atoms with Gasteiger partial charge in [0.25, 0.3) is 0 Å². The van der Waals surface area contributed by atoms with E-state index < -0.39 is 48.1 Å². The Kier molecular flexibility index (Phi) is 12.1. The molecule has 0 radical (unpaired) electrons. The maximum Gasteiger partial charge on any atom is 0.433 e. The highest BCUT2D eigenvalue weighted by Gasteiger charge is 2.43. The first-order chi connectivity index (χ1) is 27.5. The molecule has 0 spiro atoms. The van der Waals surface area contributed by atoms with Gasteiger partial charge in [-0.25, -0.2) is 29.5 Å². The molecule has 2 saturated heterocycles. The summed E-state index contributed by atoms with van der Waals surface area (Å²) in [5, 5.41) is 12.1. The minimum absolute atomic E-state index is 0.00325. The van der Waals surface area contributed by atoms with Gasteiger partial charge in [-0.3, -0.25) is 14.5 Å². The monoisotopic (exact) mass is 808 g/mol. The molecule has 0 aliphatic carbocycles. The van der Waals surface area contributed by atoms with Crippen LogP contribution >= 0.6 is 0 Å². The fourth-order valence-corrected chi connectivity index (χ4v) is 7.70. The van der Waals surface area contributed by atoms with Crippen molar-refractivity contribution in [2.75, 3.05) is 27.2 Å². The molecule has 16 nitrogen and oxygen atoms in total. The fraction of sp³-hybridized carbons (Fsp3) is 0.487. The Balaban J connectivity index is 1.18. The lowest BCUT2D eigenvalue weighted by molar-refractivity contribution is -0.140. The molecule has 3 aromatic heterocycles. The Hall–Kier alpha value is -6.01. The van der Waals surface area contributed by atoms with Crippen molar-refractivity contribution in [1.29, 1.82) is 0 Å². The van der Waals surface area contributed by atoms with Gasteiger partial charge in [0.15, 0.2) is 5.82 Å². The molecule has 5 heterocycles. The average molecular weight is 809 g/mol. The van der Waals surface area contributed by atoms with E-state index in [1.165, 1.54) is 31.2 Å². The minimum atomic E-state index is -4.77. The quantitative estimate of drug-likeness (QED) is 0.134. The number of ether oxygens (including phenoxy) is 1. The first-order valence-electron chi connectivity index (χ1n) is 19.1. The van der Waals surface area contributed by atoms with Gasteiger partial charge < -0.3 is 34.9 Å². The third kappa shape index (κ3) is 8.47. The van der Waals surface area contributed by atoms with Crippen LogP contribution in [0.5, 0.6) is 0 Å². The van der Waals surface area contributed by atoms with Gasteiger partial charge in [0.2, 0.25) is 11.8 Å². The lowest BCUT2D eigenvalue weighted by Crippen LogP contribution is -2.51. The number of halogens is 3. The number of likely N-dealkylation sites (tertiary alicyclic amines) is 2. The Morgan fingerprint density at radius 3 is 1.98 bits per heavy atom. The molecule has 19 heteroatoms. The van der Waals surface area contributed by atoms with Gasteiger partial charge in [-0.05, 0) is 37.5 Å². The predicted octanol–water partition coefficient (Wildman–Crippen LogP) is 6.28. The third-order valence-corrected chi connectivity index (χ3v) is 10.7. The molecule has 1 unspecified atom stereocenters. The molecule has 6 rings (SSSR count). The van der Waals surface area contributed by atoms with E-state index >= 15 is 0 Å². The number of alkyl halides is 3. The fourth-order valence-electron chi connectivity index (χ4n) is 7.70. The number of alkyl carbamates (subject to hydrolysis) is 1. The molecule has 4 N–H and O–H groups in total. The lowest BCUT2D eigenvalue weighted by atomic mass is 10.0. The molecule has 0 bridgehead atoms. The predicted molar refractivity (Wildman–Crippen MR) is 204 cm³/mol. The van der Waals surface area contributed by atoms with Crippen LogP contribution in [-0.4, -0.2) is 113 Å². The molecule has 4 amide bonds. The number of imidazole rings is 2.